The van der Waals surface area contributed by atoms with Gasteiger partial charge in [-0.1, -0.05) is 25.8 Å². The molecular weight excluding hydrogens is 228 g/mol. The molecule has 3 heteroatoms. The normalized spacial score (nSPS) is 12.2. The summed E-state index contributed by atoms with van der Waals surface area (Å²) in [6, 6.07) is 3.92. The summed E-state index contributed by atoms with van der Waals surface area (Å²) in [4.78, 5) is 11.5. The van der Waals surface area contributed by atoms with Crippen LogP contribution in [-0.2, 0) is 4.79 Å². The van der Waals surface area contributed by atoms with E-state index >= 15 is 0 Å². The topological polar surface area (TPSA) is 46.5 Å². The number of rotatable bonds is 6. The zero-order chi connectivity index (χ0) is 13.7. The summed E-state index contributed by atoms with van der Waals surface area (Å²) in [5.74, 6) is -0.551. The van der Waals surface area contributed by atoms with E-state index < -0.39 is 11.9 Å². The van der Waals surface area contributed by atoms with Gasteiger partial charge in [0.1, 0.15) is 5.75 Å². The molecule has 0 heterocycles. The number of methoxy groups -OCH3 is 1. The van der Waals surface area contributed by atoms with E-state index in [-0.39, 0.29) is 0 Å². The van der Waals surface area contributed by atoms with Crippen molar-refractivity contribution in [2.24, 2.45) is 0 Å². The van der Waals surface area contributed by atoms with Crippen molar-refractivity contribution >= 4 is 5.97 Å². The zero-order valence-electron chi connectivity index (χ0n) is 11.6. The van der Waals surface area contributed by atoms with Gasteiger partial charge in [-0.05, 0) is 37.5 Å². The van der Waals surface area contributed by atoms with Crippen molar-refractivity contribution in [2.75, 3.05) is 7.11 Å². The molecule has 1 atom stereocenters. The summed E-state index contributed by atoms with van der Waals surface area (Å²) in [6.07, 6.45) is 2.57. The van der Waals surface area contributed by atoms with Crippen LogP contribution in [0.3, 0.4) is 0 Å². The van der Waals surface area contributed by atoms with Gasteiger partial charge >= 0.3 is 5.97 Å². The zero-order valence-corrected chi connectivity index (χ0v) is 11.6. The Morgan fingerprint density at radius 3 is 2.56 bits per heavy atom. The molecule has 0 radical (unpaired) electrons. The van der Waals surface area contributed by atoms with E-state index in [0.29, 0.717) is 12.2 Å². The summed E-state index contributed by atoms with van der Waals surface area (Å²) >= 11 is 0. The maximum Gasteiger partial charge on any atom is 0.311 e. The molecule has 1 unspecified atom stereocenters. The van der Waals surface area contributed by atoms with E-state index in [4.69, 9.17) is 4.74 Å². The van der Waals surface area contributed by atoms with Gasteiger partial charge in [0.2, 0.25) is 0 Å². The van der Waals surface area contributed by atoms with Crippen molar-refractivity contribution in [2.45, 2.75) is 46.0 Å². The number of carboxylic acid groups (broad SMARTS) is 1. The Labute approximate surface area is 109 Å². The first kappa shape index (κ1) is 14.6. The van der Waals surface area contributed by atoms with Crippen LogP contribution in [-0.4, -0.2) is 18.2 Å². The van der Waals surface area contributed by atoms with Crippen LogP contribution in [0, 0.1) is 13.8 Å². The van der Waals surface area contributed by atoms with E-state index in [0.717, 1.165) is 29.5 Å². The minimum absolute atomic E-state index is 0.472. The lowest BCUT2D eigenvalue weighted by Gasteiger charge is -2.19. The molecule has 0 bridgehead atoms. The summed E-state index contributed by atoms with van der Waals surface area (Å²) in [7, 11) is 1.59. The number of ether oxygens (including phenoxy) is 1. The van der Waals surface area contributed by atoms with Gasteiger partial charge in [-0.15, -0.1) is 0 Å². The third-order valence-corrected chi connectivity index (χ3v) is 3.21. The Morgan fingerprint density at radius 1 is 1.39 bits per heavy atom. The smallest absolute Gasteiger partial charge is 0.311 e. The van der Waals surface area contributed by atoms with E-state index in [2.05, 4.69) is 6.92 Å². The van der Waals surface area contributed by atoms with Crippen LogP contribution in [0.4, 0.5) is 0 Å². The number of aryl methyl sites for hydroxylation is 2. The van der Waals surface area contributed by atoms with Gasteiger partial charge in [0.15, 0.2) is 0 Å². The van der Waals surface area contributed by atoms with Gasteiger partial charge in [-0.3, -0.25) is 4.79 Å². The number of hydrogen-bond acceptors (Lipinski definition) is 2. The van der Waals surface area contributed by atoms with E-state index in [1.165, 1.54) is 0 Å². The van der Waals surface area contributed by atoms with Crippen LogP contribution >= 0.6 is 0 Å². The SMILES string of the molecule is CCCCC(C(=O)O)c1c(C)cc(C)cc1OC. The van der Waals surface area contributed by atoms with Crippen molar-refractivity contribution in [3.63, 3.8) is 0 Å². The second kappa shape index (κ2) is 6.43. The summed E-state index contributed by atoms with van der Waals surface area (Å²) in [6.45, 7) is 6.01. The van der Waals surface area contributed by atoms with E-state index in [9.17, 15) is 9.90 Å². The van der Waals surface area contributed by atoms with Crippen molar-refractivity contribution in [1.29, 1.82) is 0 Å². The minimum atomic E-state index is -0.770. The molecule has 18 heavy (non-hydrogen) atoms. The Bertz CT molecular complexity index is 424. The van der Waals surface area contributed by atoms with Gasteiger partial charge < -0.3 is 9.84 Å². The fourth-order valence-corrected chi connectivity index (χ4v) is 2.35. The molecule has 0 saturated carbocycles. The maximum atomic E-state index is 11.5. The van der Waals surface area contributed by atoms with Crippen LogP contribution in [0.25, 0.3) is 0 Å². The Balaban J connectivity index is 3.21. The van der Waals surface area contributed by atoms with Crippen molar-refractivity contribution in [3.8, 4) is 5.75 Å². The molecule has 3 nitrogen and oxygen atoms in total. The molecule has 1 rings (SSSR count). The van der Waals surface area contributed by atoms with E-state index in [1.54, 1.807) is 7.11 Å². The molecule has 0 aliphatic carbocycles. The van der Waals surface area contributed by atoms with Crippen LogP contribution in [0.2, 0.25) is 0 Å². The van der Waals surface area contributed by atoms with E-state index in [1.807, 2.05) is 26.0 Å². The molecule has 1 aromatic rings. The first-order valence-electron chi connectivity index (χ1n) is 6.39. The predicted molar refractivity (Wildman–Crippen MR) is 72.4 cm³/mol. The highest BCUT2D eigenvalue weighted by Gasteiger charge is 2.24. The largest absolute Gasteiger partial charge is 0.496 e. The second-order valence-corrected chi connectivity index (χ2v) is 4.73. The standard InChI is InChI=1S/C15H22O3/c1-5-6-7-12(15(16)17)14-11(3)8-10(2)9-13(14)18-4/h8-9,12H,5-7H2,1-4H3,(H,16,17). The molecule has 0 fully saturated rings. The number of carbonyl (C=O) groups is 1. The Hall–Kier alpha value is -1.51. The summed E-state index contributed by atoms with van der Waals surface area (Å²) in [5.41, 5.74) is 2.91. The molecule has 0 aliphatic rings. The lowest BCUT2D eigenvalue weighted by Crippen LogP contribution is -2.14. The molecule has 0 aromatic heterocycles. The molecule has 0 aliphatic heterocycles. The Kier molecular flexibility index (Phi) is 5.20. The number of unbranched alkanes of at least 4 members (excludes halogenated alkanes) is 1. The van der Waals surface area contributed by atoms with Gasteiger partial charge in [0.25, 0.3) is 0 Å². The average molecular weight is 250 g/mol. The molecule has 0 spiro atoms. The molecule has 1 aromatic carbocycles. The molecule has 1 N–H and O–H groups in total. The molecule has 0 saturated heterocycles. The fraction of sp³-hybridized carbons (Fsp3) is 0.533. The van der Waals surface area contributed by atoms with Crippen LogP contribution in [0.1, 0.15) is 48.8 Å². The molecule has 100 valence electrons. The highest BCUT2D eigenvalue weighted by molar-refractivity contribution is 5.78. The molecule has 0 amide bonds. The van der Waals surface area contributed by atoms with Gasteiger partial charge in [0.05, 0.1) is 13.0 Å². The number of aliphatic carboxylic acids is 1. The number of hydrogen-bond donors (Lipinski definition) is 1. The lowest BCUT2D eigenvalue weighted by atomic mass is 9.88. The summed E-state index contributed by atoms with van der Waals surface area (Å²) < 4.78 is 5.35. The number of benzene rings is 1. The van der Waals surface area contributed by atoms with Crippen molar-refractivity contribution in [1.82, 2.24) is 0 Å². The fourth-order valence-electron chi connectivity index (χ4n) is 2.35. The van der Waals surface area contributed by atoms with Gasteiger partial charge in [0, 0.05) is 5.56 Å². The Morgan fingerprint density at radius 2 is 2.06 bits per heavy atom. The monoisotopic (exact) mass is 250 g/mol. The lowest BCUT2D eigenvalue weighted by molar-refractivity contribution is -0.139. The van der Waals surface area contributed by atoms with Crippen LogP contribution in [0.15, 0.2) is 12.1 Å². The number of carboxylic acids is 1. The quantitative estimate of drug-likeness (QED) is 0.838. The third-order valence-electron chi connectivity index (χ3n) is 3.21. The first-order valence-corrected chi connectivity index (χ1v) is 6.39. The second-order valence-electron chi connectivity index (χ2n) is 4.73. The summed E-state index contributed by atoms with van der Waals surface area (Å²) in [5, 5.41) is 9.41. The third kappa shape index (κ3) is 3.25. The molecular formula is C15H22O3. The highest BCUT2D eigenvalue weighted by Crippen LogP contribution is 2.34. The first-order chi connectivity index (χ1) is 8.51. The van der Waals surface area contributed by atoms with Crippen molar-refractivity contribution < 1.29 is 14.6 Å². The average Bonchev–Trinajstić information content (AvgIpc) is 2.30. The predicted octanol–water partition coefficient (Wildman–Crippen LogP) is 3.67. The van der Waals surface area contributed by atoms with Gasteiger partial charge in [-0.2, -0.15) is 0 Å². The minimum Gasteiger partial charge on any atom is -0.496 e. The van der Waals surface area contributed by atoms with Crippen LogP contribution < -0.4 is 4.74 Å². The van der Waals surface area contributed by atoms with Crippen molar-refractivity contribution in [3.05, 3.63) is 28.8 Å². The van der Waals surface area contributed by atoms with Crippen LogP contribution in [0.5, 0.6) is 5.75 Å². The highest BCUT2D eigenvalue weighted by atomic mass is 16.5. The maximum absolute atomic E-state index is 11.5. The van der Waals surface area contributed by atoms with Gasteiger partial charge in [-0.25, -0.2) is 0 Å².